The van der Waals surface area contributed by atoms with Crippen LogP contribution >= 0.6 is 15.9 Å². The summed E-state index contributed by atoms with van der Waals surface area (Å²) in [6.45, 7) is 9.47. The van der Waals surface area contributed by atoms with E-state index in [4.69, 9.17) is 0 Å². The largest absolute Gasteiger partial charge is 0.352 e. The second-order valence-corrected chi connectivity index (χ2v) is 12.2. The highest BCUT2D eigenvalue weighted by molar-refractivity contribution is 9.10. The molecule has 7 heteroatoms. The van der Waals surface area contributed by atoms with Crippen LogP contribution in [0.5, 0.6) is 0 Å². The fourth-order valence-corrected chi connectivity index (χ4v) is 6.98. The van der Waals surface area contributed by atoms with E-state index < -0.39 is 10.0 Å². The average molecular weight is 554 g/mol. The van der Waals surface area contributed by atoms with Crippen molar-refractivity contribution >= 4 is 31.9 Å². The summed E-state index contributed by atoms with van der Waals surface area (Å²) in [4.78, 5) is 13.0. The molecule has 2 aliphatic carbocycles. The number of hydrogen-bond donors (Lipinski definition) is 1. The Labute approximate surface area is 215 Å². The molecule has 0 radical (unpaired) electrons. The van der Waals surface area contributed by atoms with E-state index in [2.05, 4.69) is 47.2 Å². The van der Waals surface area contributed by atoms with E-state index in [-0.39, 0.29) is 10.8 Å². The van der Waals surface area contributed by atoms with Gasteiger partial charge in [0.15, 0.2) is 0 Å². The second kappa shape index (κ2) is 13.6. The summed E-state index contributed by atoms with van der Waals surface area (Å²) in [5, 5.41) is 3.05. The van der Waals surface area contributed by atoms with Crippen molar-refractivity contribution in [2.75, 3.05) is 20.1 Å². The lowest BCUT2D eigenvalue weighted by atomic mass is 9.75. The van der Waals surface area contributed by atoms with Crippen molar-refractivity contribution in [3.63, 3.8) is 0 Å². The van der Waals surface area contributed by atoms with Crippen LogP contribution < -0.4 is 5.32 Å². The van der Waals surface area contributed by atoms with Gasteiger partial charge in [0.2, 0.25) is 10.0 Å². The number of amides is 1. The van der Waals surface area contributed by atoms with E-state index in [1.807, 2.05) is 19.9 Å². The summed E-state index contributed by atoms with van der Waals surface area (Å²) in [5.74, 6) is 1.68. The third-order valence-electron chi connectivity index (χ3n) is 6.63. The Kier molecular flexibility index (Phi) is 11.5. The van der Waals surface area contributed by atoms with Crippen molar-refractivity contribution in [3.05, 3.63) is 52.0 Å². The minimum atomic E-state index is -3.75. The minimum absolute atomic E-state index is 0.116. The van der Waals surface area contributed by atoms with E-state index in [0.717, 1.165) is 37.2 Å². The summed E-state index contributed by atoms with van der Waals surface area (Å²) in [6, 6.07) is 4.79. The maximum absolute atomic E-state index is 13.2. The lowest BCUT2D eigenvalue weighted by Crippen LogP contribution is -2.34. The first-order valence-corrected chi connectivity index (χ1v) is 14.8. The Balaban J connectivity index is 0.00000199. The first kappa shape index (κ1) is 28.8. The second-order valence-electron chi connectivity index (χ2n) is 9.33. The summed E-state index contributed by atoms with van der Waals surface area (Å²) >= 11 is 3.37. The Morgan fingerprint density at radius 1 is 1.15 bits per heavy atom. The van der Waals surface area contributed by atoms with Crippen LogP contribution in [0.2, 0.25) is 0 Å². The van der Waals surface area contributed by atoms with Gasteiger partial charge < -0.3 is 5.32 Å². The third-order valence-corrected chi connectivity index (χ3v) is 9.42. The molecule has 1 aromatic rings. The number of nitrogens with zero attached hydrogens (tertiary/aromatic N) is 1. The lowest BCUT2D eigenvalue weighted by molar-refractivity contribution is 0.0933. The highest BCUT2D eigenvalue weighted by atomic mass is 79.9. The van der Waals surface area contributed by atoms with Crippen LogP contribution in [0.1, 0.15) is 76.6 Å². The number of rotatable bonds is 8. The van der Waals surface area contributed by atoms with Gasteiger partial charge >= 0.3 is 0 Å². The molecule has 190 valence electrons. The molecule has 0 spiro atoms. The van der Waals surface area contributed by atoms with Crippen molar-refractivity contribution in [2.45, 2.75) is 71.1 Å². The maximum atomic E-state index is 13.2. The van der Waals surface area contributed by atoms with E-state index in [0.29, 0.717) is 35.0 Å². The highest BCUT2D eigenvalue weighted by Crippen LogP contribution is 2.34. The molecule has 0 saturated heterocycles. The monoisotopic (exact) mass is 552 g/mol. The molecule has 5 nitrogen and oxygen atoms in total. The number of hydrogen-bond acceptors (Lipinski definition) is 3. The molecule has 0 aliphatic heterocycles. The van der Waals surface area contributed by atoms with E-state index in [1.165, 1.54) is 23.2 Å². The van der Waals surface area contributed by atoms with Gasteiger partial charge in [0.05, 0.1) is 4.90 Å². The van der Waals surface area contributed by atoms with Crippen LogP contribution in [0, 0.1) is 17.8 Å². The number of likely N-dealkylation sites (N-methyl/N-ethyl adjacent to an activating group) is 1. The van der Waals surface area contributed by atoms with Gasteiger partial charge in [-0.05, 0) is 89.6 Å². The molecule has 3 atom stereocenters. The predicted octanol–water partition coefficient (Wildman–Crippen LogP) is 6.56. The molecular weight excluding hydrogens is 512 g/mol. The number of carbonyl (C=O) groups excluding carboxylic acids is 1. The summed E-state index contributed by atoms with van der Waals surface area (Å²) in [7, 11) is -2.17. The fourth-order valence-electron chi connectivity index (χ4n) is 4.87. The molecule has 1 amide bonds. The van der Waals surface area contributed by atoms with E-state index in [9.17, 15) is 13.2 Å². The van der Waals surface area contributed by atoms with Crippen LogP contribution in [0.4, 0.5) is 0 Å². The molecule has 0 bridgehead atoms. The molecule has 1 N–H and O–H groups in total. The summed E-state index contributed by atoms with van der Waals surface area (Å²) in [5.41, 5.74) is 1.35. The predicted molar refractivity (Wildman–Crippen MR) is 144 cm³/mol. The Hall–Kier alpha value is -1.44. The molecule has 0 unspecified atom stereocenters. The van der Waals surface area contributed by atoms with Gasteiger partial charge in [-0.15, -0.1) is 0 Å². The van der Waals surface area contributed by atoms with Gasteiger partial charge in [-0.3, -0.25) is 4.79 Å². The standard InChI is InChI=1S/C25H35BrN2O3S.C2H6/c1-4-19-12-18(2)13-21(14-19)16-27-25(29)22-10-11-23(26)24(15-22)32(30,31)28(3)17-20-8-6-5-7-9-20;1-2/h6,8-11,15,18-19,21H,4-5,7,12-14,16-17H2,1-3H3,(H,27,29);1-2H3/t18-,19+,21-;/m0./s1. The van der Waals surface area contributed by atoms with Gasteiger partial charge in [-0.1, -0.05) is 52.3 Å². The zero-order valence-corrected chi connectivity index (χ0v) is 23.7. The number of sulfonamides is 1. The lowest BCUT2D eigenvalue weighted by Gasteiger charge is -2.33. The molecule has 0 heterocycles. The maximum Gasteiger partial charge on any atom is 0.251 e. The SMILES string of the molecule is CC.CC[C@@H]1C[C@H](C)C[C@H](CNC(=O)c2ccc(Br)c(S(=O)(=O)N(C)CC3=CCCC=C3)c2)C1. The zero-order chi connectivity index (χ0) is 25.3. The normalized spacial score (nSPS) is 22.6. The van der Waals surface area contributed by atoms with Gasteiger partial charge in [-0.2, -0.15) is 4.31 Å². The van der Waals surface area contributed by atoms with E-state index >= 15 is 0 Å². The smallest absolute Gasteiger partial charge is 0.251 e. The third kappa shape index (κ3) is 7.79. The fraction of sp³-hybridized carbons (Fsp3) is 0.593. The van der Waals surface area contributed by atoms with Gasteiger partial charge in [0.1, 0.15) is 0 Å². The molecule has 1 saturated carbocycles. The van der Waals surface area contributed by atoms with Crippen LogP contribution in [0.25, 0.3) is 0 Å². The Bertz CT molecular complexity index is 988. The van der Waals surface area contributed by atoms with Crippen LogP contribution in [-0.4, -0.2) is 38.8 Å². The van der Waals surface area contributed by atoms with Gasteiger partial charge in [0, 0.05) is 30.2 Å². The number of nitrogens with one attached hydrogen (secondary N) is 1. The minimum Gasteiger partial charge on any atom is -0.352 e. The molecular formula is C27H41BrN2O3S. The number of carbonyl (C=O) groups is 1. The van der Waals surface area contributed by atoms with Gasteiger partial charge in [0.25, 0.3) is 5.91 Å². The van der Waals surface area contributed by atoms with Gasteiger partial charge in [-0.25, -0.2) is 8.42 Å². The highest BCUT2D eigenvalue weighted by Gasteiger charge is 2.27. The van der Waals surface area contributed by atoms with Crippen molar-refractivity contribution in [3.8, 4) is 0 Å². The van der Waals surface area contributed by atoms with Crippen molar-refractivity contribution in [1.82, 2.24) is 9.62 Å². The average Bonchev–Trinajstić information content (AvgIpc) is 2.84. The molecule has 3 rings (SSSR count). The van der Waals surface area contributed by atoms with Crippen LogP contribution in [0.15, 0.2) is 51.4 Å². The first-order valence-electron chi connectivity index (χ1n) is 12.6. The topological polar surface area (TPSA) is 66.5 Å². The summed E-state index contributed by atoms with van der Waals surface area (Å²) in [6.07, 6.45) is 12.8. The quantitative estimate of drug-likeness (QED) is 0.396. The van der Waals surface area contributed by atoms with Crippen LogP contribution in [0.3, 0.4) is 0 Å². The molecule has 0 aromatic heterocycles. The molecule has 34 heavy (non-hydrogen) atoms. The molecule has 1 aromatic carbocycles. The number of benzene rings is 1. The number of allylic oxidation sites excluding steroid dienone is 2. The van der Waals surface area contributed by atoms with Crippen molar-refractivity contribution < 1.29 is 13.2 Å². The van der Waals surface area contributed by atoms with Crippen LogP contribution in [-0.2, 0) is 10.0 Å². The van der Waals surface area contributed by atoms with Crippen molar-refractivity contribution in [2.24, 2.45) is 17.8 Å². The molecule has 2 aliphatic rings. The zero-order valence-electron chi connectivity index (χ0n) is 21.3. The van der Waals surface area contributed by atoms with E-state index in [1.54, 1.807) is 19.2 Å². The summed E-state index contributed by atoms with van der Waals surface area (Å²) < 4.78 is 28.2. The first-order chi connectivity index (χ1) is 16.2. The Morgan fingerprint density at radius 3 is 2.50 bits per heavy atom. The van der Waals surface area contributed by atoms with Crippen molar-refractivity contribution in [1.29, 1.82) is 0 Å². The number of halogens is 1. The Morgan fingerprint density at radius 2 is 1.85 bits per heavy atom. The molecule has 1 fully saturated rings.